The first kappa shape index (κ1) is 13.3. The molecule has 4 nitrogen and oxygen atoms in total. The van der Waals surface area contributed by atoms with E-state index in [1.54, 1.807) is 0 Å². The number of aromatic nitrogens is 1. The Bertz CT molecular complexity index is 626. The number of hydrogen-bond donors (Lipinski definition) is 1. The van der Waals surface area contributed by atoms with E-state index in [9.17, 15) is 9.90 Å². The molecule has 2 rings (SSSR count). The molecular formula is C15H17NO3. The van der Waals surface area contributed by atoms with E-state index in [0.29, 0.717) is 11.5 Å². The maximum absolute atomic E-state index is 11.5. The molecule has 1 N–H and O–H groups in total. The number of aromatic carboxylic acids is 1. The van der Waals surface area contributed by atoms with Crippen molar-refractivity contribution in [2.45, 2.75) is 33.6 Å². The van der Waals surface area contributed by atoms with E-state index in [0.717, 1.165) is 16.7 Å². The molecule has 0 aliphatic carbocycles. The summed E-state index contributed by atoms with van der Waals surface area (Å²) in [4.78, 5) is 11.5. The highest BCUT2D eigenvalue weighted by Crippen LogP contribution is 2.32. The van der Waals surface area contributed by atoms with E-state index >= 15 is 0 Å². The summed E-state index contributed by atoms with van der Waals surface area (Å²) < 4.78 is 5.24. The average molecular weight is 259 g/mol. The second kappa shape index (κ2) is 4.88. The number of aryl methyl sites for hydroxylation is 2. The van der Waals surface area contributed by atoms with Crippen molar-refractivity contribution < 1.29 is 14.4 Å². The van der Waals surface area contributed by atoms with Gasteiger partial charge >= 0.3 is 5.97 Å². The summed E-state index contributed by atoms with van der Waals surface area (Å²) in [6.07, 6.45) is 0. The normalized spacial score (nSPS) is 11.0. The molecule has 2 aromatic rings. The van der Waals surface area contributed by atoms with Crippen molar-refractivity contribution >= 4 is 5.97 Å². The number of benzene rings is 1. The maximum Gasteiger partial charge on any atom is 0.341 e. The lowest BCUT2D eigenvalue weighted by Gasteiger charge is -2.05. The SMILES string of the molecule is Cc1ccc(C)c(-c2noc(C(C)C)c2C(=O)O)c1. The van der Waals surface area contributed by atoms with Gasteiger partial charge in [-0.1, -0.05) is 36.7 Å². The van der Waals surface area contributed by atoms with Crippen molar-refractivity contribution in [2.75, 3.05) is 0 Å². The van der Waals surface area contributed by atoms with Crippen LogP contribution in [0.25, 0.3) is 11.3 Å². The zero-order valence-electron chi connectivity index (χ0n) is 11.5. The van der Waals surface area contributed by atoms with Gasteiger partial charge in [0.2, 0.25) is 0 Å². The van der Waals surface area contributed by atoms with Crippen molar-refractivity contribution in [3.63, 3.8) is 0 Å². The van der Waals surface area contributed by atoms with Crippen LogP contribution in [-0.4, -0.2) is 16.2 Å². The van der Waals surface area contributed by atoms with Gasteiger partial charge in [0.1, 0.15) is 11.3 Å². The molecule has 0 spiro atoms. The zero-order valence-corrected chi connectivity index (χ0v) is 11.5. The molecule has 1 aromatic heterocycles. The first-order valence-corrected chi connectivity index (χ1v) is 6.22. The number of carboxylic acid groups (broad SMARTS) is 1. The van der Waals surface area contributed by atoms with Crippen molar-refractivity contribution in [3.8, 4) is 11.3 Å². The van der Waals surface area contributed by atoms with Gasteiger partial charge in [-0.15, -0.1) is 0 Å². The number of nitrogens with zero attached hydrogens (tertiary/aromatic N) is 1. The Balaban J connectivity index is 2.69. The van der Waals surface area contributed by atoms with Crippen molar-refractivity contribution in [3.05, 3.63) is 40.6 Å². The van der Waals surface area contributed by atoms with E-state index in [2.05, 4.69) is 5.16 Å². The minimum Gasteiger partial charge on any atom is -0.477 e. The Kier molecular flexibility index (Phi) is 3.42. The first-order chi connectivity index (χ1) is 8.91. The van der Waals surface area contributed by atoms with Crippen molar-refractivity contribution in [1.82, 2.24) is 5.16 Å². The van der Waals surface area contributed by atoms with E-state index in [1.807, 2.05) is 45.9 Å². The number of hydrogen-bond acceptors (Lipinski definition) is 3. The Morgan fingerprint density at radius 2 is 2.00 bits per heavy atom. The molecule has 0 fully saturated rings. The molecule has 0 amide bonds. The molecule has 0 unspecified atom stereocenters. The first-order valence-electron chi connectivity index (χ1n) is 6.22. The molecule has 0 aliphatic heterocycles. The van der Waals surface area contributed by atoms with Crippen LogP contribution in [0.4, 0.5) is 0 Å². The lowest BCUT2D eigenvalue weighted by Crippen LogP contribution is -2.03. The average Bonchev–Trinajstić information content (AvgIpc) is 2.76. The highest BCUT2D eigenvalue weighted by molar-refractivity contribution is 5.96. The fourth-order valence-electron chi connectivity index (χ4n) is 2.08. The van der Waals surface area contributed by atoms with Crippen molar-refractivity contribution in [1.29, 1.82) is 0 Å². The Morgan fingerprint density at radius 1 is 1.32 bits per heavy atom. The smallest absolute Gasteiger partial charge is 0.341 e. The largest absolute Gasteiger partial charge is 0.477 e. The van der Waals surface area contributed by atoms with Crippen LogP contribution in [0.1, 0.15) is 47.0 Å². The lowest BCUT2D eigenvalue weighted by molar-refractivity contribution is 0.0694. The van der Waals surface area contributed by atoms with E-state index in [1.165, 1.54) is 0 Å². The van der Waals surface area contributed by atoms with Crippen LogP contribution in [-0.2, 0) is 0 Å². The summed E-state index contributed by atoms with van der Waals surface area (Å²) in [6, 6.07) is 5.88. The molecule has 0 atom stereocenters. The van der Waals surface area contributed by atoms with Crippen LogP contribution >= 0.6 is 0 Å². The highest BCUT2D eigenvalue weighted by atomic mass is 16.5. The number of carbonyl (C=O) groups is 1. The third-order valence-electron chi connectivity index (χ3n) is 3.10. The van der Waals surface area contributed by atoms with Crippen LogP contribution in [0.2, 0.25) is 0 Å². The van der Waals surface area contributed by atoms with E-state index in [4.69, 9.17) is 4.52 Å². The maximum atomic E-state index is 11.5. The minimum atomic E-state index is -0.999. The third-order valence-corrected chi connectivity index (χ3v) is 3.10. The van der Waals surface area contributed by atoms with Gasteiger partial charge in [0.25, 0.3) is 0 Å². The van der Waals surface area contributed by atoms with Gasteiger partial charge in [0, 0.05) is 11.5 Å². The number of carboxylic acids is 1. The van der Waals surface area contributed by atoms with Crippen LogP contribution in [0, 0.1) is 13.8 Å². The summed E-state index contributed by atoms with van der Waals surface area (Å²) in [5.41, 5.74) is 3.44. The van der Waals surface area contributed by atoms with Crippen LogP contribution < -0.4 is 0 Å². The fourth-order valence-corrected chi connectivity index (χ4v) is 2.08. The molecule has 100 valence electrons. The summed E-state index contributed by atoms with van der Waals surface area (Å²) in [5.74, 6) is -0.596. The summed E-state index contributed by atoms with van der Waals surface area (Å²) in [7, 11) is 0. The number of rotatable bonds is 3. The second-order valence-electron chi connectivity index (χ2n) is 5.05. The zero-order chi connectivity index (χ0) is 14.2. The van der Waals surface area contributed by atoms with E-state index in [-0.39, 0.29) is 11.5 Å². The lowest BCUT2D eigenvalue weighted by atomic mass is 9.97. The summed E-state index contributed by atoms with van der Waals surface area (Å²) in [6.45, 7) is 7.68. The van der Waals surface area contributed by atoms with E-state index < -0.39 is 5.97 Å². The Labute approximate surface area is 112 Å². The third kappa shape index (κ3) is 2.38. The molecule has 0 bridgehead atoms. The topological polar surface area (TPSA) is 63.3 Å². The van der Waals surface area contributed by atoms with Crippen LogP contribution in [0.3, 0.4) is 0 Å². The fraction of sp³-hybridized carbons (Fsp3) is 0.333. The van der Waals surface area contributed by atoms with Crippen LogP contribution in [0.5, 0.6) is 0 Å². The van der Waals surface area contributed by atoms with Crippen LogP contribution in [0.15, 0.2) is 22.7 Å². The van der Waals surface area contributed by atoms with Gasteiger partial charge in [0.05, 0.1) is 0 Å². The molecule has 1 heterocycles. The highest BCUT2D eigenvalue weighted by Gasteiger charge is 2.26. The molecule has 0 aliphatic rings. The van der Waals surface area contributed by atoms with Gasteiger partial charge in [-0.25, -0.2) is 4.79 Å². The van der Waals surface area contributed by atoms with Gasteiger partial charge in [-0.05, 0) is 25.5 Å². The molecular weight excluding hydrogens is 242 g/mol. The summed E-state index contributed by atoms with van der Waals surface area (Å²) >= 11 is 0. The second-order valence-corrected chi connectivity index (χ2v) is 5.05. The summed E-state index contributed by atoms with van der Waals surface area (Å²) in [5, 5.41) is 13.4. The predicted octanol–water partition coefficient (Wildman–Crippen LogP) is 3.78. The standard InChI is InChI=1S/C15H17NO3/c1-8(2)14-12(15(17)18)13(16-19-14)11-7-9(3)5-6-10(11)4/h5-8H,1-4H3,(H,17,18). The van der Waals surface area contributed by atoms with Gasteiger partial charge in [0.15, 0.2) is 5.76 Å². The Morgan fingerprint density at radius 3 is 2.58 bits per heavy atom. The van der Waals surface area contributed by atoms with Crippen molar-refractivity contribution in [2.24, 2.45) is 0 Å². The Hall–Kier alpha value is -2.10. The molecule has 19 heavy (non-hydrogen) atoms. The minimum absolute atomic E-state index is 0.0162. The molecule has 0 saturated carbocycles. The molecule has 0 saturated heterocycles. The predicted molar refractivity (Wildman–Crippen MR) is 72.5 cm³/mol. The molecule has 1 aromatic carbocycles. The molecule has 4 heteroatoms. The van der Waals surface area contributed by atoms with Gasteiger partial charge in [-0.2, -0.15) is 0 Å². The monoisotopic (exact) mass is 259 g/mol. The van der Waals surface area contributed by atoms with Gasteiger partial charge in [-0.3, -0.25) is 0 Å². The molecule has 0 radical (unpaired) electrons. The quantitative estimate of drug-likeness (QED) is 0.911. The van der Waals surface area contributed by atoms with Gasteiger partial charge < -0.3 is 9.63 Å².